The van der Waals surface area contributed by atoms with E-state index in [2.05, 4.69) is 0 Å². The lowest BCUT2D eigenvalue weighted by Crippen LogP contribution is -2.20. The summed E-state index contributed by atoms with van der Waals surface area (Å²) in [5.41, 5.74) is 13.2. The molecule has 0 saturated carbocycles. The van der Waals surface area contributed by atoms with Crippen LogP contribution in [0.1, 0.15) is 69.0 Å². The fourth-order valence-corrected chi connectivity index (χ4v) is 3.98. The van der Waals surface area contributed by atoms with Crippen molar-refractivity contribution in [3.8, 4) is 5.75 Å². The van der Waals surface area contributed by atoms with Gasteiger partial charge >= 0.3 is 17.9 Å². The van der Waals surface area contributed by atoms with Gasteiger partial charge in [-0.15, -0.1) is 0 Å². The van der Waals surface area contributed by atoms with Crippen molar-refractivity contribution in [2.45, 2.75) is 44.4 Å². The van der Waals surface area contributed by atoms with Gasteiger partial charge in [-0.25, -0.2) is 4.79 Å². The molecule has 0 unspecified atom stereocenters. The maximum Gasteiger partial charge on any atom is 0.343 e. The molecule has 2 aromatic rings. The first kappa shape index (κ1) is 22.8. The normalized spacial score (nSPS) is 14.8. The number of hydrogen-bond donors (Lipinski definition) is 4. The molecule has 1 amide bonds. The molecule has 1 heterocycles. The lowest BCUT2D eigenvalue weighted by molar-refractivity contribution is -0.145. The number of aryl methyl sites for hydroxylation is 1. The van der Waals surface area contributed by atoms with Gasteiger partial charge in [0.05, 0.1) is 17.9 Å². The number of carboxylic acids is 2. The van der Waals surface area contributed by atoms with E-state index in [0.29, 0.717) is 24.0 Å². The van der Waals surface area contributed by atoms with E-state index in [9.17, 15) is 24.3 Å². The van der Waals surface area contributed by atoms with E-state index in [1.807, 2.05) is 0 Å². The maximum atomic E-state index is 13.1. The summed E-state index contributed by atoms with van der Waals surface area (Å²) in [4.78, 5) is 47.8. The van der Waals surface area contributed by atoms with Crippen LogP contribution in [0, 0.1) is 0 Å². The van der Waals surface area contributed by atoms with Crippen LogP contribution in [0.15, 0.2) is 30.3 Å². The largest absolute Gasteiger partial charge is 0.481 e. The number of carbonyl (C=O) groups is 4. The molecule has 0 fully saturated rings. The molecule has 1 atom stereocenters. The predicted molar refractivity (Wildman–Crippen MR) is 115 cm³/mol. The number of nitrogen functional groups attached to an aromatic ring is 1. The number of hydrogen-bond acceptors (Lipinski definition) is 6. The highest BCUT2D eigenvalue weighted by atomic mass is 16.5. The van der Waals surface area contributed by atoms with E-state index >= 15 is 0 Å². The first-order chi connectivity index (χ1) is 15.2. The average molecular weight is 440 g/mol. The number of nitrogens with two attached hydrogens (primary N) is 2. The number of fused-ring (bicyclic) bond motifs is 2. The van der Waals surface area contributed by atoms with Crippen molar-refractivity contribution in [3.05, 3.63) is 58.1 Å². The average Bonchev–Trinajstić information content (AvgIpc) is 2.74. The van der Waals surface area contributed by atoms with Gasteiger partial charge < -0.3 is 26.4 Å². The summed E-state index contributed by atoms with van der Waals surface area (Å²) in [5.74, 6) is -5.24. The number of ether oxygens (including phenoxy) is 1. The summed E-state index contributed by atoms with van der Waals surface area (Å²) in [5, 5.41) is 18.6. The summed E-state index contributed by atoms with van der Waals surface area (Å²) < 4.78 is 5.61. The quantitative estimate of drug-likeness (QED) is 0.312. The summed E-state index contributed by atoms with van der Waals surface area (Å²) in [6, 6.07) is 7.53. The highest BCUT2D eigenvalue weighted by molar-refractivity contribution is 5.97. The van der Waals surface area contributed by atoms with Gasteiger partial charge in [0.2, 0.25) is 5.91 Å². The van der Waals surface area contributed by atoms with E-state index in [0.717, 1.165) is 19.3 Å². The zero-order valence-corrected chi connectivity index (χ0v) is 17.3. The van der Waals surface area contributed by atoms with E-state index in [4.69, 9.17) is 21.3 Å². The molecule has 3 rings (SSSR count). The molecular weight excluding hydrogens is 416 g/mol. The van der Waals surface area contributed by atoms with Gasteiger partial charge in [-0.1, -0.05) is 12.5 Å². The molecule has 9 nitrogen and oxygen atoms in total. The van der Waals surface area contributed by atoms with Crippen LogP contribution in [-0.2, 0) is 22.4 Å². The number of amides is 1. The zero-order chi connectivity index (χ0) is 23.4. The molecule has 168 valence electrons. The molecule has 0 radical (unpaired) electrons. The monoisotopic (exact) mass is 440 g/mol. The minimum absolute atomic E-state index is 0.0385. The first-order valence-corrected chi connectivity index (χ1v) is 10.2. The number of esters is 1. The standard InChI is InChI=1S/C23H24N2O7/c24-18-9-12-5-2-1-3-6-13-14(21(25)28)7-4-8-19(13)32-23(31)15(12)10-16(18)17(22(29)30)11-20(26)27/h4,7-10,17H,1-3,5-6,11,24H2,(H2,25,28)(H,26,27)(H,29,30)/t17-/m0/s1. The number of anilines is 1. The number of primary amides is 1. The fourth-order valence-electron chi connectivity index (χ4n) is 3.98. The smallest absolute Gasteiger partial charge is 0.343 e. The number of benzene rings is 2. The SMILES string of the molecule is NC(=O)c1cccc2c1CCCCCc1cc(N)c([C@H](CC(=O)O)C(=O)O)cc1C(=O)O2. The number of rotatable bonds is 5. The van der Waals surface area contributed by atoms with Crippen molar-refractivity contribution in [1.82, 2.24) is 0 Å². The van der Waals surface area contributed by atoms with Crippen molar-refractivity contribution >= 4 is 29.5 Å². The van der Waals surface area contributed by atoms with Crippen molar-refractivity contribution in [2.75, 3.05) is 5.73 Å². The lowest BCUT2D eigenvalue weighted by Gasteiger charge is -2.18. The van der Waals surface area contributed by atoms with Crippen molar-refractivity contribution in [3.63, 3.8) is 0 Å². The Morgan fingerprint density at radius 2 is 1.78 bits per heavy atom. The van der Waals surface area contributed by atoms with Crippen LogP contribution in [0.25, 0.3) is 0 Å². The molecule has 1 aliphatic rings. The Kier molecular flexibility index (Phi) is 6.77. The van der Waals surface area contributed by atoms with E-state index in [1.54, 1.807) is 18.2 Å². The Bertz CT molecular complexity index is 1090. The minimum atomic E-state index is -1.42. The van der Waals surface area contributed by atoms with Gasteiger partial charge in [0.25, 0.3) is 0 Å². The summed E-state index contributed by atoms with van der Waals surface area (Å²) >= 11 is 0. The highest BCUT2D eigenvalue weighted by Crippen LogP contribution is 2.32. The molecule has 0 aliphatic carbocycles. The second-order valence-corrected chi connectivity index (χ2v) is 7.72. The summed E-state index contributed by atoms with van der Waals surface area (Å²) in [6.07, 6.45) is 2.61. The van der Waals surface area contributed by atoms with E-state index in [1.165, 1.54) is 12.1 Å². The molecule has 32 heavy (non-hydrogen) atoms. The topological polar surface area (TPSA) is 170 Å². The molecule has 1 aliphatic heterocycles. The fraction of sp³-hybridized carbons (Fsp3) is 0.304. The van der Waals surface area contributed by atoms with Gasteiger partial charge in [-0.2, -0.15) is 0 Å². The van der Waals surface area contributed by atoms with Crippen LogP contribution in [-0.4, -0.2) is 34.0 Å². The second-order valence-electron chi connectivity index (χ2n) is 7.72. The molecule has 2 aromatic carbocycles. The van der Waals surface area contributed by atoms with Crippen LogP contribution >= 0.6 is 0 Å². The second kappa shape index (κ2) is 9.51. The Labute approximate surface area is 184 Å². The molecular formula is C23H24N2O7. The van der Waals surface area contributed by atoms with Gasteiger partial charge in [-0.3, -0.25) is 14.4 Å². The lowest BCUT2D eigenvalue weighted by atomic mass is 9.89. The number of carboxylic acid groups (broad SMARTS) is 2. The Morgan fingerprint density at radius 3 is 2.44 bits per heavy atom. The third-order valence-corrected chi connectivity index (χ3v) is 5.56. The number of aliphatic carboxylic acids is 2. The Morgan fingerprint density at radius 1 is 1.06 bits per heavy atom. The van der Waals surface area contributed by atoms with Gasteiger partial charge in [-0.05, 0) is 61.1 Å². The van der Waals surface area contributed by atoms with Crippen molar-refractivity contribution in [2.24, 2.45) is 5.73 Å². The predicted octanol–water partition coefficient (Wildman–Crippen LogP) is 2.50. The van der Waals surface area contributed by atoms with Crippen LogP contribution in [0.4, 0.5) is 5.69 Å². The third-order valence-electron chi connectivity index (χ3n) is 5.56. The van der Waals surface area contributed by atoms with E-state index in [-0.39, 0.29) is 28.1 Å². The number of carbonyl (C=O) groups excluding carboxylic acids is 2. The van der Waals surface area contributed by atoms with Gasteiger partial charge in [0, 0.05) is 16.8 Å². The summed E-state index contributed by atoms with van der Waals surface area (Å²) in [6.45, 7) is 0. The van der Waals surface area contributed by atoms with Gasteiger partial charge in [0.1, 0.15) is 5.75 Å². The summed E-state index contributed by atoms with van der Waals surface area (Å²) in [7, 11) is 0. The molecule has 0 spiro atoms. The molecule has 0 saturated heterocycles. The Hall–Kier alpha value is -3.88. The first-order valence-electron chi connectivity index (χ1n) is 10.2. The molecule has 6 N–H and O–H groups in total. The van der Waals surface area contributed by atoms with Crippen molar-refractivity contribution in [1.29, 1.82) is 0 Å². The van der Waals surface area contributed by atoms with Crippen molar-refractivity contribution < 1.29 is 34.1 Å². The minimum Gasteiger partial charge on any atom is -0.481 e. The van der Waals surface area contributed by atoms with Crippen LogP contribution in [0.3, 0.4) is 0 Å². The Balaban J connectivity index is 2.11. The molecule has 9 heteroatoms. The van der Waals surface area contributed by atoms with Gasteiger partial charge in [0.15, 0.2) is 0 Å². The van der Waals surface area contributed by atoms with Crippen LogP contribution in [0.2, 0.25) is 0 Å². The highest BCUT2D eigenvalue weighted by Gasteiger charge is 2.28. The molecule has 0 bridgehead atoms. The maximum absolute atomic E-state index is 13.1. The van der Waals surface area contributed by atoms with Crippen LogP contribution < -0.4 is 16.2 Å². The molecule has 0 aromatic heterocycles. The third kappa shape index (κ3) is 4.88. The van der Waals surface area contributed by atoms with Crippen LogP contribution in [0.5, 0.6) is 5.75 Å². The zero-order valence-electron chi connectivity index (χ0n) is 17.3. The van der Waals surface area contributed by atoms with E-state index < -0.39 is 36.2 Å².